The molecular formula is C14H14Cl2N2O. The zero-order valence-electron chi connectivity index (χ0n) is 10.6. The van der Waals surface area contributed by atoms with Gasteiger partial charge < -0.3 is 5.32 Å². The molecule has 0 aromatic heterocycles. The molecule has 100 valence electrons. The minimum atomic E-state index is -0.916. The molecule has 0 aliphatic heterocycles. The van der Waals surface area contributed by atoms with E-state index in [0.717, 1.165) is 18.4 Å². The van der Waals surface area contributed by atoms with Crippen LogP contribution in [-0.2, 0) is 4.79 Å². The maximum Gasteiger partial charge on any atom is 0.244 e. The molecule has 5 heteroatoms. The van der Waals surface area contributed by atoms with Crippen LogP contribution in [0.5, 0.6) is 0 Å². The molecule has 0 atom stereocenters. The van der Waals surface area contributed by atoms with Gasteiger partial charge in [0.25, 0.3) is 0 Å². The lowest BCUT2D eigenvalue weighted by molar-refractivity contribution is -0.122. The van der Waals surface area contributed by atoms with Crippen molar-refractivity contribution >= 4 is 34.8 Å². The van der Waals surface area contributed by atoms with Crippen LogP contribution in [0.25, 0.3) is 0 Å². The van der Waals surface area contributed by atoms with Gasteiger partial charge in [0.05, 0.1) is 16.8 Å². The van der Waals surface area contributed by atoms with Crippen molar-refractivity contribution in [2.45, 2.75) is 32.6 Å². The number of anilines is 1. The van der Waals surface area contributed by atoms with Gasteiger partial charge in [-0.25, -0.2) is 0 Å². The van der Waals surface area contributed by atoms with Crippen molar-refractivity contribution in [2.75, 3.05) is 5.32 Å². The van der Waals surface area contributed by atoms with Crippen molar-refractivity contribution in [1.29, 1.82) is 5.26 Å². The van der Waals surface area contributed by atoms with Crippen molar-refractivity contribution in [2.24, 2.45) is 5.41 Å². The largest absolute Gasteiger partial charge is 0.323 e. The molecule has 1 fully saturated rings. The standard InChI is InChI=1S/C14H14Cl2N2O/c1-9-6-11(16)12(7-10(9)15)18-13(19)14(8-17)4-2-3-5-14/h6-7H,2-5H2,1H3,(H,18,19). The molecule has 0 saturated heterocycles. The van der Waals surface area contributed by atoms with Crippen LogP contribution >= 0.6 is 23.2 Å². The number of amides is 1. The van der Waals surface area contributed by atoms with E-state index in [2.05, 4.69) is 11.4 Å². The second kappa shape index (κ2) is 5.40. The van der Waals surface area contributed by atoms with E-state index < -0.39 is 5.41 Å². The maximum atomic E-state index is 12.3. The van der Waals surface area contributed by atoms with Gasteiger partial charge >= 0.3 is 0 Å². The fourth-order valence-corrected chi connectivity index (χ4v) is 2.78. The summed E-state index contributed by atoms with van der Waals surface area (Å²) < 4.78 is 0. The van der Waals surface area contributed by atoms with Gasteiger partial charge in [-0.05, 0) is 37.5 Å². The van der Waals surface area contributed by atoms with Crippen LogP contribution in [0, 0.1) is 23.7 Å². The number of nitrogens with zero attached hydrogens (tertiary/aromatic N) is 1. The van der Waals surface area contributed by atoms with Gasteiger partial charge in [0, 0.05) is 5.02 Å². The topological polar surface area (TPSA) is 52.9 Å². The van der Waals surface area contributed by atoms with Crippen LogP contribution in [0.2, 0.25) is 10.0 Å². The minimum Gasteiger partial charge on any atom is -0.323 e. The Balaban J connectivity index is 2.24. The third kappa shape index (κ3) is 2.70. The number of nitriles is 1. The highest BCUT2D eigenvalue weighted by atomic mass is 35.5. The lowest BCUT2D eigenvalue weighted by Gasteiger charge is -2.20. The number of carbonyl (C=O) groups excluding carboxylic acids is 1. The van der Waals surface area contributed by atoms with E-state index in [1.54, 1.807) is 12.1 Å². The molecule has 1 N–H and O–H groups in total. The lowest BCUT2D eigenvalue weighted by atomic mass is 9.87. The molecule has 3 nitrogen and oxygen atoms in total. The Bertz CT molecular complexity index is 557. The molecule has 0 spiro atoms. The summed E-state index contributed by atoms with van der Waals surface area (Å²) in [7, 11) is 0. The molecule has 0 heterocycles. The fraction of sp³-hybridized carbons (Fsp3) is 0.429. The summed E-state index contributed by atoms with van der Waals surface area (Å²) in [5.74, 6) is -0.283. The molecule has 1 amide bonds. The van der Waals surface area contributed by atoms with Crippen LogP contribution in [0.15, 0.2) is 12.1 Å². The third-order valence-corrected chi connectivity index (χ3v) is 4.32. The first-order valence-electron chi connectivity index (χ1n) is 6.17. The zero-order valence-corrected chi connectivity index (χ0v) is 12.1. The summed E-state index contributed by atoms with van der Waals surface area (Å²) >= 11 is 12.1. The molecule has 1 saturated carbocycles. The van der Waals surface area contributed by atoms with Crippen LogP contribution in [0.4, 0.5) is 5.69 Å². The first-order chi connectivity index (χ1) is 8.98. The number of rotatable bonds is 2. The Kier molecular flexibility index (Phi) is 4.03. The van der Waals surface area contributed by atoms with E-state index in [1.165, 1.54) is 0 Å². The van der Waals surface area contributed by atoms with Gasteiger partial charge in [0.1, 0.15) is 5.41 Å². The third-order valence-electron chi connectivity index (χ3n) is 3.60. The SMILES string of the molecule is Cc1cc(Cl)c(NC(=O)C2(C#N)CCCC2)cc1Cl. The Morgan fingerprint density at radius 2 is 1.95 bits per heavy atom. The molecule has 0 bridgehead atoms. The summed E-state index contributed by atoms with van der Waals surface area (Å²) in [4.78, 5) is 12.3. The van der Waals surface area contributed by atoms with Gasteiger partial charge in [0.15, 0.2) is 0 Å². The highest BCUT2D eigenvalue weighted by molar-refractivity contribution is 6.36. The molecule has 1 aliphatic carbocycles. The molecule has 1 aromatic rings. The van der Waals surface area contributed by atoms with Crippen molar-refractivity contribution in [3.63, 3.8) is 0 Å². The number of aryl methyl sites for hydroxylation is 1. The Labute approximate surface area is 122 Å². The second-order valence-electron chi connectivity index (χ2n) is 4.94. The predicted octanol–water partition coefficient (Wildman–Crippen LogP) is 4.32. The first kappa shape index (κ1) is 14.2. The Hall–Kier alpha value is -1.24. The average molecular weight is 297 g/mol. The molecular weight excluding hydrogens is 283 g/mol. The number of hydrogen-bond acceptors (Lipinski definition) is 2. The summed E-state index contributed by atoms with van der Waals surface area (Å²) in [6, 6.07) is 5.48. The molecule has 1 aliphatic rings. The summed E-state index contributed by atoms with van der Waals surface area (Å²) in [5, 5.41) is 13.0. The highest BCUT2D eigenvalue weighted by Crippen LogP contribution is 2.39. The number of halogens is 2. The normalized spacial score (nSPS) is 16.9. The van der Waals surface area contributed by atoms with E-state index in [9.17, 15) is 10.1 Å². The van der Waals surface area contributed by atoms with Gasteiger partial charge in [0.2, 0.25) is 5.91 Å². The van der Waals surface area contributed by atoms with Gasteiger partial charge in [-0.15, -0.1) is 0 Å². The minimum absolute atomic E-state index is 0.283. The zero-order chi connectivity index (χ0) is 14.0. The van der Waals surface area contributed by atoms with Crippen molar-refractivity contribution < 1.29 is 4.79 Å². The Morgan fingerprint density at radius 3 is 2.53 bits per heavy atom. The second-order valence-corrected chi connectivity index (χ2v) is 5.75. The van der Waals surface area contributed by atoms with Gasteiger partial charge in [-0.3, -0.25) is 4.79 Å². The smallest absolute Gasteiger partial charge is 0.244 e. The van der Waals surface area contributed by atoms with E-state index >= 15 is 0 Å². The van der Waals surface area contributed by atoms with Crippen LogP contribution < -0.4 is 5.32 Å². The molecule has 0 radical (unpaired) electrons. The number of carbonyl (C=O) groups is 1. The monoisotopic (exact) mass is 296 g/mol. The molecule has 19 heavy (non-hydrogen) atoms. The maximum absolute atomic E-state index is 12.3. The van der Waals surface area contributed by atoms with Crippen LogP contribution in [0.1, 0.15) is 31.2 Å². The van der Waals surface area contributed by atoms with Gasteiger partial charge in [-0.1, -0.05) is 36.0 Å². The summed E-state index contributed by atoms with van der Waals surface area (Å²) in [5.41, 5.74) is 0.394. The fourth-order valence-electron chi connectivity index (χ4n) is 2.35. The van der Waals surface area contributed by atoms with Gasteiger partial charge in [-0.2, -0.15) is 5.26 Å². The van der Waals surface area contributed by atoms with Crippen LogP contribution in [0.3, 0.4) is 0 Å². The first-order valence-corrected chi connectivity index (χ1v) is 6.92. The molecule has 2 rings (SSSR count). The lowest BCUT2D eigenvalue weighted by Crippen LogP contribution is -2.32. The van der Waals surface area contributed by atoms with Crippen molar-refractivity contribution in [1.82, 2.24) is 0 Å². The number of hydrogen-bond donors (Lipinski definition) is 1. The van der Waals surface area contributed by atoms with Crippen molar-refractivity contribution in [3.8, 4) is 6.07 Å². The number of nitrogens with one attached hydrogen (secondary N) is 1. The predicted molar refractivity (Wildman–Crippen MR) is 76.3 cm³/mol. The van der Waals surface area contributed by atoms with Crippen LogP contribution in [-0.4, -0.2) is 5.91 Å². The Morgan fingerprint density at radius 1 is 1.32 bits per heavy atom. The summed E-state index contributed by atoms with van der Waals surface area (Å²) in [6.45, 7) is 1.84. The summed E-state index contributed by atoms with van der Waals surface area (Å²) in [6.07, 6.45) is 3.02. The molecule has 1 aromatic carbocycles. The van der Waals surface area contributed by atoms with E-state index in [0.29, 0.717) is 28.6 Å². The molecule has 0 unspecified atom stereocenters. The highest BCUT2D eigenvalue weighted by Gasteiger charge is 2.41. The van der Waals surface area contributed by atoms with E-state index in [1.807, 2.05) is 6.92 Å². The quantitative estimate of drug-likeness (QED) is 0.883. The number of benzene rings is 1. The average Bonchev–Trinajstić information content (AvgIpc) is 2.86. The van der Waals surface area contributed by atoms with Crippen molar-refractivity contribution in [3.05, 3.63) is 27.7 Å². The van der Waals surface area contributed by atoms with E-state index in [4.69, 9.17) is 23.2 Å². The van der Waals surface area contributed by atoms with E-state index in [-0.39, 0.29) is 5.91 Å².